The number of nitrogens with one attached hydrogen (secondary N) is 2. The first kappa shape index (κ1) is 21.8. The molecule has 11 heteroatoms. The molecule has 1 amide bonds. The number of nitrogens with zero attached hydrogens (tertiary/aromatic N) is 1. The van der Waals surface area contributed by atoms with Crippen LogP contribution in [0.15, 0.2) is 65.0 Å². The number of halogens is 3. The van der Waals surface area contributed by atoms with E-state index in [0.717, 1.165) is 23.5 Å². The monoisotopic (exact) mass is 455 g/mol. The molecule has 1 atom stereocenters. The van der Waals surface area contributed by atoms with Gasteiger partial charge in [0.1, 0.15) is 0 Å². The highest BCUT2D eigenvalue weighted by Crippen LogP contribution is 2.30. The Balaban J connectivity index is 1.67. The predicted molar refractivity (Wildman–Crippen MR) is 107 cm³/mol. The topological polar surface area (TPSA) is 88.2 Å². The van der Waals surface area contributed by atoms with Crippen LogP contribution in [0.1, 0.15) is 34.5 Å². The number of rotatable bonds is 6. The first-order chi connectivity index (χ1) is 14.1. The van der Waals surface area contributed by atoms with Crippen LogP contribution in [-0.4, -0.2) is 19.3 Å². The fourth-order valence-electron chi connectivity index (χ4n) is 2.56. The Morgan fingerprint density at radius 1 is 1.07 bits per heavy atom. The standard InChI is InChI=1S/C19H16F3N3O3S2/c1-12(13-2-6-15(7-3-13)19(20,21)22)24-17(26)14-4-8-16(9-5-14)30(27,28)25-18-23-10-11-29-18/h2-12H,1H3,(H,23,25)(H,24,26). The highest BCUT2D eigenvalue weighted by atomic mass is 32.2. The van der Waals surface area contributed by atoms with E-state index in [1.807, 2.05) is 0 Å². The normalized spacial score (nSPS) is 12.9. The molecule has 30 heavy (non-hydrogen) atoms. The maximum atomic E-state index is 12.7. The Hall–Kier alpha value is -2.92. The Morgan fingerprint density at radius 2 is 1.70 bits per heavy atom. The molecule has 0 saturated carbocycles. The zero-order chi connectivity index (χ0) is 21.9. The van der Waals surface area contributed by atoms with E-state index < -0.39 is 33.7 Å². The maximum Gasteiger partial charge on any atom is 0.416 e. The largest absolute Gasteiger partial charge is 0.416 e. The summed E-state index contributed by atoms with van der Waals surface area (Å²) in [5, 5.41) is 4.52. The van der Waals surface area contributed by atoms with Crippen molar-refractivity contribution in [2.24, 2.45) is 0 Å². The van der Waals surface area contributed by atoms with E-state index >= 15 is 0 Å². The van der Waals surface area contributed by atoms with Crippen LogP contribution < -0.4 is 10.0 Å². The minimum absolute atomic E-state index is 0.0370. The van der Waals surface area contributed by atoms with Crippen LogP contribution in [0, 0.1) is 0 Å². The van der Waals surface area contributed by atoms with Crippen LogP contribution in [0.5, 0.6) is 0 Å². The molecule has 3 aromatic rings. The number of hydrogen-bond donors (Lipinski definition) is 2. The van der Waals surface area contributed by atoms with E-state index in [1.165, 1.54) is 42.6 Å². The third-order valence-corrected chi connectivity index (χ3v) is 6.34. The summed E-state index contributed by atoms with van der Waals surface area (Å²) in [4.78, 5) is 16.2. The second-order valence-corrected chi connectivity index (χ2v) is 8.86. The van der Waals surface area contributed by atoms with Crippen LogP contribution in [0.25, 0.3) is 0 Å². The van der Waals surface area contributed by atoms with Gasteiger partial charge in [-0.3, -0.25) is 9.52 Å². The molecule has 3 rings (SSSR count). The first-order valence-corrected chi connectivity index (χ1v) is 10.9. The van der Waals surface area contributed by atoms with Crippen molar-refractivity contribution in [3.8, 4) is 0 Å². The predicted octanol–water partition coefficient (Wildman–Crippen LogP) is 4.45. The maximum absolute atomic E-state index is 12.7. The second kappa shape index (κ2) is 8.44. The van der Waals surface area contributed by atoms with Gasteiger partial charge in [-0.1, -0.05) is 12.1 Å². The van der Waals surface area contributed by atoms with Gasteiger partial charge in [0.05, 0.1) is 16.5 Å². The summed E-state index contributed by atoms with van der Waals surface area (Å²) in [6.45, 7) is 1.64. The van der Waals surface area contributed by atoms with Crippen molar-refractivity contribution in [1.29, 1.82) is 0 Å². The number of aromatic nitrogens is 1. The summed E-state index contributed by atoms with van der Waals surface area (Å²) in [6, 6.07) is 9.23. The van der Waals surface area contributed by atoms with Crippen molar-refractivity contribution in [3.05, 3.63) is 76.8 Å². The lowest BCUT2D eigenvalue weighted by atomic mass is 10.1. The van der Waals surface area contributed by atoms with Crippen LogP contribution in [0.4, 0.5) is 18.3 Å². The van der Waals surface area contributed by atoms with Crippen LogP contribution in [-0.2, 0) is 16.2 Å². The fraction of sp³-hybridized carbons (Fsp3) is 0.158. The fourth-order valence-corrected chi connectivity index (χ4v) is 4.35. The molecule has 2 N–H and O–H groups in total. The molecule has 158 valence electrons. The lowest BCUT2D eigenvalue weighted by Gasteiger charge is -2.16. The van der Waals surface area contributed by atoms with Crippen molar-refractivity contribution in [2.75, 3.05) is 4.72 Å². The number of carbonyl (C=O) groups excluding carboxylic acids is 1. The SMILES string of the molecule is CC(NC(=O)c1ccc(S(=O)(=O)Nc2nccs2)cc1)c1ccc(C(F)(F)F)cc1. The number of sulfonamides is 1. The summed E-state index contributed by atoms with van der Waals surface area (Å²) in [5.41, 5.74) is -0.0573. The lowest BCUT2D eigenvalue weighted by Crippen LogP contribution is -2.26. The molecule has 6 nitrogen and oxygen atoms in total. The number of carbonyl (C=O) groups is 1. The third kappa shape index (κ3) is 5.16. The van der Waals surface area contributed by atoms with Gasteiger partial charge in [-0.25, -0.2) is 13.4 Å². The molecule has 0 spiro atoms. The molecule has 0 radical (unpaired) electrons. The number of amides is 1. The number of hydrogen-bond acceptors (Lipinski definition) is 5. The van der Waals surface area contributed by atoms with Crippen molar-refractivity contribution in [3.63, 3.8) is 0 Å². The quantitative estimate of drug-likeness (QED) is 0.575. The van der Waals surface area contributed by atoms with E-state index in [9.17, 15) is 26.4 Å². The molecular formula is C19H16F3N3O3S2. The van der Waals surface area contributed by atoms with Crippen molar-refractivity contribution >= 4 is 32.4 Å². The van der Waals surface area contributed by atoms with E-state index in [2.05, 4.69) is 15.0 Å². The number of anilines is 1. The van der Waals surface area contributed by atoms with Gasteiger partial charge in [0.25, 0.3) is 15.9 Å². The van der Waals surface area contributed by atoms with Gasteiger partial charge >= 0.3 is 6.18 Å². The van der Waals surface area contributed by atoms with Crippen LogP contribution in [0.2, 0.25) is 0 Å². The molecule has 1 unspecified atom stereocenters. The van der Waals surface area contributed by atoms with Gasteiger partial charge in [0, 0.05) is 17.1 Å². The number of benzene rings is 2. The van der Waals surface area contributed by atoms with Crippen molar-refractivity contribution < 1.29 is 26.4 Å². The molecule has 0 bridgehead atoms. The highest BCUT2D eigenvalue weighted by molar-refractivity contribution is 7.93. The van der Waals surface area contributed by atoms with Gasteiger partial charge in [0.2, 0.25) is 0 Å². The Morgan fingerprint density at radius 3 is 2.23 bits per heavy atom. The Labute approximate surface area is 174 Å². The van der Waals surface area contributed by atoms with Gasteiger partial charge in [-0.2, -0.15) is 13.2 Å². The average Bonchev–Trinajstić information content (AvgIpc) is 3.19. The zero-order valence-corrected chi connectivity index (χ0v) is 17.1. The summed E-state index contributed by atoms with van der Waals surface area (Å²) in [6.07, 6.45) is -2.96. The molecule has 0 aliphatic rings. The minimum Gasteiger partial charge on any atom is -0.346 e. The molecule has 0 fully saturated rings. The van der Waals surface area contributed by atoms with E-state index in [1.54, 1.807) is 12.3 Å². The highest BCUT2D eigenvalue weighted by Gasteiger charge is 2.30. The molecule has 1 aromatic heterocycles. The molecule has 0 aliphatic carbocycles. The molecular weight excluding hydrogens is 439 g/mol. The smallest absolute Gasteiger partial charge is 0.346 e. The minimum atomic E-state index is -4.43. The van der Waals surface area contributed by atoms with Crippen LogP contribution >= 0.6 is 11.3 Å². The van der Waals surface area contributed by atoms with Crippen molar-refractivity contribution in [1.82, 2.24) is 10.3 Å². The molecule has 0 saturated heterocycles. The summed E-state index contributed by atoms with van der Waals surface area (Å²) in [5.74, 6) is -0.487. The molecule has 2 aromatic carbocycles. The summed E-state index contributed by atoms with van der Waals surface area (Å²) >= 11 is 1.13. The molecule has 1 heterocycles. The molecule has 0 aliphatic heterocycles. The average molecular weight is 455 g/mol. The number of thiazole rings is 1. The van der Waals surface area contributed by atoms with Crippen molar-refractivity contribution in [2.45, 2.75) is 24.0 Å². The Bertz CT molecular complexity index is 1110. The summed E-state index contributed by atoms with van der Waals surface area (Å²) < 4.78 is 64.9. The van der Waals surface area contributed by atoms with Gasteiger partial charge in [-0.15, -0.1) is 11.3 Å². The van der Waals surface area contributed by atoms with Gasteiger partial charge < -0.3 is 5.32 Å². The number of alkyl halides is 3. The second-order valence-electron chi connectivity index (χ2n) is 6.28. The zero-order valence-electron chi connectivity index (χ0n) is 15.5. The van der Waals surface area contributed by atoms with E-state index in [4.69, 9.17) is 0 Å². The van der Waals surface area contributed by atoms with Gasteiger partial charge in [0.15, 0.2) is 5.13 Å². The summed E-state index contributed by atoms with van der Waals surface area (Å²) in [7, 11) is -3.83. The lowest BCUT2D eigenvalue weighted by molar-refractivity contribution is -0.137. The van der Waals surface area contributed by atoms with Crippen LogP contribution in [0.3, 0.4) is 0 Å². The third-order valence-electron chi connectivity index (χ3n) is 4.17. The van der Waals surface area contributed by atoms with Gasteiger partial charge in [-0.05, 0) is 48.9 Å². The van der Waals surface area contributed by atoms with E-state index in [-0.39, 0.29) is 15.6 Å². The van der Waals surface area contributed by atoms with E-state index in [0.29, 0.717) is 5.56 Å². The first-order valence-electron chi connectivity index (χ1n) is 8.57. The Kier molecular flexibility index (Phi) is 6.13.